The molecule has 0 bridgehead atoms. The molecular formula is C13H14BrN5O. The first-order valence-electron chi connectivity index (χ1n) is 6.28. The quantitative estimate of drug-likeness (QED) is 0.915. The van der Waals surface area contributed by atoms with Crippen molar-refractivity contribution in [1.82, 2.24) is 20.1 Å². The van der Waals surface area contributed by atoms with Gasteiger partial charge in [-0.25, -0.2) is 0 Å². The second-order valence-electron chi connectivity index (χ2n) is 4.78. The van der Waals surface area contributed by atoms with Crippen LogP contribution in [0.2, 0.25) is 0 Å². The zero-order chi connectivity index (χ0) is 14.1. The van der Waals surface area contributed by atoms with Crippen molar-refractivity contribution in [2.24, 2.45) is 7.05 Å². The molecule has 104 valence electrons. The number of pyridine rings is 1. The zero-order valence-electron chi connectivity index (χ0n) is 11.0. The summed E-state index contributed by atoms with van der Waals surface area (Å²) in [6.07, 6.45) is 5.30. The monoisotopic (exact) mass is 335 g/mol. The zero-order valence-corrected chi connectivity index (χ0v) is 12.5. The average Bonchev–Trinajstić information content (AvgIpc) is 2.81. The van der Waals surface area contributed by atoms with Crippen LogP contribution in [0.25, 0.3) is 0 Å². The van der Waals surface area contributed by atoms with Crippen molar-refractivity contribution in [2.75, 3.05) is 18.0 Å². The minimum absolute atomic E-state index is 0.121. The van der Waals surface area contributed by atoms with Gasteiger partial charge in [0.1, 0.15) is 5.69 Å². The standard InChI is InChI=1S/C13H14BrN5O/c1-18-5-3-11(17-18)13(20)16-9-7-19(8-9)12-2-4-15-6-10(12)14/h2-6,9H,7-8H2,1H3,(H,16,20). The molecule has 2 aromatic rings. The Balaban J connectivity index is 1.56. The fourth-order valence-corrected chi connectivity index (χ4v) is 2.69. The molecule has 2 aromatic heterocycles. The number of halogens is 1. The van der Waals surface area contributed by atoms with E-state index in [1.807, 2.05) is 6.07 Å². The summed E-state index contributed by atoms with van der Waals surface area (Å²) in [6.45, 7) is 1.59. The van der Waals surface area contributed by atoms with Gasteiger partial charge in [0, 0.05) is 38.7 Å². The van der Waals surface area contributed by atoms with E-state index in [9.17, 15) is 4.79 Å². The van der Waals surface area contributed by atoms with Gasteiger partial charge in [-0.3, -0.25) is 14.5 Å². The van der Waals surface area contributed by atoms with Crippen LogP contribution in [0.4, 0.5) is 5.69 Å². The van der Waals surface area contributed by atoms with Crippen LogP contribution in [0.5, 0.6) is 0 Å². The van der Waals surface area contributed by atoms with Crippen molar-refractivity contribution in [3.8, 4) is 0 Å². The van der Waals surface area contributed by atoms with Gasteiger partial charge in [0.2, 0.25) is 0 Å². The van der Waals surface area contributed by atoms with Gasteiger partial charge in [0.25, 0.3) is 5.91 Å². The maximum absolute atomic E-state index is 11.9. The fraction of sp³-hybridized carbons (Fsp3) is 0.308. The van der Waals surface area contributed by atoms with Gasteiger partial charge in [-0.1, -0.05) is 0 Å². The number of amides is 1. The van der Waals surface area contributed by atoms with Crippen LogP contribution in [-0.4, -0.2) is 39.8 Å². The fourth-order valence-electron chi connectivity index (χ4n) is 2.19. The SMILES string of the molecule is Cn1ccc(C(=O)NC2CN(c3ccncc3Br)C2)n1. The maximum Gasteiger partial charge on any atom is 0.272 e. The first-order chi connectivity index (χ1) is 9.63. The van der Waals surface area contributed by atoms with Crippen LogP contribution < -0.4 is 10.2 Å². The van der Waals surface area contributed by atoms with Crippen molar-refractivity contribution in [1.29, 1.82) is 0 Å². The van der Waals surface area contributed by atoms with E-state index in [4.69, 9.17) is 0 Å². The Kier molecular flexibility index (Phi) is 3.43. The molecule has 20 heavy (non-hydrogen) atoms. The van der Waals surface area contributed by atoms with Crippen LogP contribution in [0.15, 0.2) is 35.2 Å². The largest absolute Gasteiger partial charge is 0.366 e. The van der Waals surface area contributed by atoms with Crippen molar-refractivity contribution >= 4 is 27.5 Å². The highest BCUT2D eigenvalue weighted by Crippen LogP contribution is 2.28. The summed E-state index contributed by atoms with van der Waals surface area (Å²) >= 11 is 3.48. The summed E-state index contributed by atoms with van der Waals surface area (Å²) < 4.78 is 2.59. The first-order valence-corrected chi connectivity index (χ1v) is 7.08. The van der Waals surface area contributed by atoms with E-state index in [1.54, 1.807) is 36.4 Å². The molecule has 1 fully saturated rings. The second kappa shape index (κ2) is 5.24. The lowest BCUT2D eigenvalue weighted by Gasteiger charge is -2.41. The van der Waals surface area contributed by atoms with Crippen LogP contribution >= 0.6 is 15.9 Å². The third-order valence-electron chi connectivity index (χ3n) is 3.25. The Morgan fingerprint density at radius 1 is 1.45 bits per heavy atom. The Bertz CT molecular complexity index is 635. The lowest BCUT2D eigenvalue weighted by Crippen LogP contribution is -2.59. The molecule has 0 unspecified atom stereocenters. The van der Waals surface area contributed by atoms with Crippen LogP contribution in [0, 0.1) is 0 Å². The third-order valence-corrected chi connectivity index (χ3v) is 3.87. The molecule has 3 rings (SSSR count). The number of hydrogen-bond acceptors (Lipinski definition) is 4. The average molecular weight is 336 g/mol. The first kappa shape index (κ1) is 13.1. The highest BCUT2D eigenvalue weighted by atomic mass is 79.9. The maximum atomic E-state index is 11.9. The molecule has 0 aromatic carbocycles. The van der Waals surface area contributed by atoms with Gasteiger partial charge < -0.3 is 10.2 Å². The number of anilines is 1. The molecule has 0 radical (unpaired) electrons. The van der Waals surface area contributed by atoms with E-state index in [2.05, 4.69) is 36.2 Å². The molecule has 6 nitrogen and oxygen atoms in total. The van der Waals surface area contributed by atoms with E-state index < -0.39 is 0 Å². The molecule has 0 atom stereocenters. The number of carbonyl (C=O) groups is 1. The number of rotatable bonds is 3. The summed E-state index contributed by atoms with van der Waals surface area (Å²) in [5.74, 6) is -0.121. The summed E-state index contributed by atoms with van der Waals surface area (Å²) in [7, 11) is 1.79. The summed E-state index contributed by atoms with van der Waals surface area (Å²) in [4.78, 5) is 18.2. The van der Waals surface area contributed by atoms with Gasteiger partial charge >= 0.3 is 0 Å². The smallest absolute Gasteiger partial charge is 0.272 e. The number of carbonyl (C=O) groups excluding carboxylic acids is 1. The minimum atomic E-state index is -0.121. The van der Waals surface area contributed by atoms with Gasteiger partial charge in [0.15, 0.2) is 0 Å². The topological polar surface area (TPSA) is 63.1 Å². The summed E-state index contributed by atoms with van der Waals surface area (Å²) in [5, 5.41) is 7.07. The van der Waals surface area contributed by atoms with Gasteiger partial charge in [-0.05, 0) is 28.1 Å². The Labute approximate surface area is 124 Å². The highest BCUT2D eigenvalue weighted by Gasteiger charge is 2.29. The Morgan fingerprint density at radius 2 is 2.25 bits per heavy atom. The molecule has 1 aliphatic heterocycles. The van der Waals surface area contributed by atoms with Crippen LogP contribution in [0.1, 0.15) is 10.5 Å². The lowest BCUT2D eigenvalue weighted by atomic mass is 10.1. The molecule has 0 aliphatic carbocycles. The molecule has 1 aliphatic rings. The summed E-state index contributed by atoms with van der Waals surface area (Å²) in [6, 6.07) is 3.83. The molecule has 1 saturated heterocycles. The van der Waals surface area contributed by atoms with Gasteiger partial charge in [-0.15, -0.1) is 0 Å². The number of nitrogens with one attached hydrogen (secondary N) is 1. The van der Waals surface area contributed by atoms with E-state index in [-0.39, 0.29) is 11.9 Å². The van der Waals surface area contributed by atoms with E-state index in [0.29, 0.717) is 5.69 Å². The number of nitrogens with zero attached hydrogens (tertiary/aromatic N) is 4. The molecule has 1 N–H and O–H groups in total. The van der Waals surface area contributed by atoms with E-state index in [0.717, 1.165) is 23.2 Å². The van der Waals surface area contributed by atoms with Gasteiger partial charge in [-0.2, -0.15) is 5.10 Å². The molecule has 1 amide bonds. The molecule has 7 heteroatoms. The van der Waals surface area contributed by atoms with Gasteiger partial charge in [0.05, 0.1) is 16.2 Å². The number of aromatic nitrogens is 3. The van der Waals surface area contributed by atoms with Crippen LogP contribution in [0.3, 0.4) is 0 Å². The summed E-state index contributed by atoms with van der Waals surface area (Å²) in [5.41, 5.74) is 1.55. The molecule has 3 heterocycles. The van der Waals surface area contributed by atoms with Crippen LogP contribution in [-0.2, 0) is 7.05 Å². The number of hydrogen-bond donors (Lipinski definition) is 1. The third kappa shape index (κ3) is 2.53. The predicted octanol–water partition coefficient (Wildman–Crippen LogP) is 1.20. The normalized spacial score (nSPS) is 15.0. The van der Waals surface area contributed by atoms with Crippen molar-refractivity contribution in [2.45, 2.75) is 6.04 Å². The highest BCUT2D eigenvalue weighted by molar-refractivity contribution is 9.10. The van der Waals surface area contributed by atoms with E-state index >= 15 is 0 Å². The Morgan fingerprint density at radius 3 is 2.90 bits per heavy atom. The second-order valence-corrected chi connectivity index (χ2v) is 5.63. The number of aryl methyl sites for hydroxylation is 1. The minimum Gasteiger partial charge on any atom is -0.366 e. The Hall–Kier alpha value is -1.89. The molecule has 0 saturated carbocycles. The van der Waals surface area contributed by atoms with Crippen molar-refractivity contribution in [3.63, 3.8) is 0 Å². The lowest BCUT2D eigenvalue weighted by molar-refractivity contribution is 0.0924. The predicted molar refractivity (Wildman–Crippen MR) is 78.6 cm³/mol. The molecular weight excluding hydrogens is 322 g/mol. The van der Waals surface area contributed by atoms with Crippen molar-refractivity contribution < 1.29 is 4.79 Å². The van der Waals surface area contributed by atoms with Crippen molar-refractivity contribution in [3.05, 3.63) is 40.9 Å². The molecule has 0 spiro atoms. The van der Waals surface area contributed by atoms with E-state index in [1.165, 1.54) is 0 Å².